The zero-order valence-electron chi connectivity index (χ0n) is 13.1. The quantitative estimate of drug-likeness (QED) is 0.906. The third kappa shape index (κ3) is 1.74. The van der Waals surface area contributed by atoms with E-state index in [9.17, 15) is 5.11 Å². The molecule has 0 spiro atoms. The van der Waals surface area contributed by atoms with Gasteiger partial charge in [0.25, 0.3) is 0 Å². The lowest BCUT2D eigenvalue weighted by molar-refractivity contribution is 0.230. The molecule has 0 aromatic heterocycles. The summed E-state index contributed by atoms with van der Waals surface area (Å²) in [4.78, 5) is 0. The fraction of sp³-hybridized carbons (Fsp3) is 0.400. The van der Waals surface area contributed by atoms with Crippen LogP contribution in [0.25, 0.3) is 0 Å². The van der Waals surface area contributed by atoms with E-state index in [2.05, 4.69) is 47.8 Å². The molecule has 0 heterocycles. The highest BCUT2D eigenvalue weighted by Gasteiger charge is 2.48. The highest BCUT2D eigenvalue weighted by atomic mass is 16.3. The van der Waals surface area contributed by atoms with Crippen molar-refractivity contribution in [2.45, 2.75) is 37.1 Å². The van der Waals surface area contributed by atoms with E-state index in [0.29, 0.717) is 5.92 Å². The first kappa shape index (κ1) is 14.0. The van der Waals surface area contributed by atoms with Crippen LogP contribution in [0.5, 0.6) is 0 Å². The van der Waals surface area contributed by atoms with Gasteiger partial charge in [-0.1, -0.05) is 42.5 Å². The molecule has 0 amide bonds. The van der Waals surface area contributed by atoms with Gasteiger partial charge in [-0.25, -0.2) is 0 Å². The zero-order chi connectivity index (χ0) is 15.2. The third-order valence-electron chi connectivity index (χ3n) is 5.65. The molecule has 0 saturated heterocycles. The minimum absolute atomic E-state index is 0.00285. The summed E-state index contributed by atoms with van der Waals surface area (Å²) in [5.41, 5.74) is 7.32. The lowest BCUT2D eigenvalue weighted by Gasteiger charge is -2.50. The van der Waals surface area contributed by atoms with Crippen LogP contribution in [0.2, 0.25) is 0 Å². The van der Waals surface area contributed by atoms with Crippen molar-refractivity contribution in [2.24, 2.45) is 0 Å². The molecule has 0 unspecified atom stereocenters. The van der Waals surface area contributed by atoms with Crippen molar-refractivity contribution in [3.63, 3.8) is 0 Å². The predicted octanol–water partition coefficient (Wildman–Crippen LogP) is 3.31. The van der Waals surface area contributed by atoms with E-state index in [4.69, 9.17) is 0 Å². The number of aliphatic hydroxyl groups is 1. The lowest BCUT2D eigenvalue weighted by Crippen LogP contribution is -2.42. The Bertz CT molecular complexity index is 709. The molecule has 2 heteroatoms. The second-order valence-electron chi connectivity index (χ2n) is 6.65. The number of nitrogens with one attached hydrogen (secondary N) is 1. The number of benzene rings is 2. The van der Waals surface area contributed by atoms with Crippen LogP contribution in [-0.2, 0) is 12.0 Å². The van der Waals surface area contributed by atoms with Gasteiger partial charge in [-0.05, 0) is 54.1 Å². The van der Waals surface area contributed by atoms with E-state index in [1.165, 1.54) is 34.2 Å². The van der Waals surface area contributed by atoms with Crippen LogP contribution in [0.1, 0.15) is 53.0 Å². The van der Waals surface area contributed by atoms with Crippen molar-refractivity contribution in [1.82, 2.24) is 5.32 Å². The summed E-state index contributed by atoms with van der Waals surface area (Å²) in [7, 11) is 2.01. The summed E-state index contributed by atoms with van der Waals surface area (Å²) in [5, 5.41) is 13.1. The fourth-order valence-electron chi connectivity index (χ4n) is 4.91. The predicted molar refractivity (Wildman–Crippen MR) is 89.2 cm³/mol. The van der Waals surface area contributed by atoms with Crippen molar-refractivity contribution >= 4 is 0 Å². The zero-order valence-corrected chi connectivity index (χ0v) is 13.1. The summed E-state index contributed by atoms with van der Waals surface area (Å²) >= 11 is 0. The molecule has 0 radical (unpaired) electrons. The van der Waals surface area contributed by atoms with E-state index in [1.54, 1.807) is 0 Å². The maximum Gasteiger partial charge on any atom is 0.0442 e. The third-order valence-corrected chi connectivity index (χ3v) is 5.65. The first-order valence-electron chi connectivity index (χ1n) is 8.29. The van der Waals surface area contributed by atoms with Gasteiger partial charge in [0.05, 0.1) is 0 Å². The smallest absolute Gasteiger partial charge is 0.0442 e. The Morgan fingerprint density at radius 2 is 1.95 bits per heavy atom. The van der Waals surface area contributed by atoms with Gasteiger partial charge >= 0.3 is 0 Å². The van der Waals surface area contributed by atoms with Crippen LogP contribution >= 0.6 is 0 Å². The molecule has 0 saturated carbocycles. The Balaban J connectivity index is 2.02. The molecular formula is C20H23NO. The van der Waals surface area contributed by atoms with Gasteiger partial charge in [0, 0.05) is 24.5 Å². The Kier molecular flexibility index (Phi) is 3.32. The summed E-state index contributed by atoms with van der Waals surface area (Å²) < 4.78 is 0. The van der Waals surface area contributed by atoms with Gasteiger partial charge in [0.1, 0.15) is 0 Å². The average molecular weight is 293 g/mol. The molecule has 2 N–H and O–H groups in total. The number of hydrogen-bond donors (Lipinski definition) is 2. The molecule has 0 aliphatic heterocycles. The maximum atomic E-state index is 9.79. The van der Waals surface area contributed by atoms with Gasteiger partial charge in [0.15, 0.2) is 0 Å². The highest BCUT2D eigenvalue weighted by molar-refractivity contribution is 5.61. The topological polar surface area (TPSA) is 32.3 Å². The van der Waals surface area contributed by atoms with Crippen molar-refractivity contribution < 1.29 is 5.11 Å². The van der Waals surface area contributed by atoms with Crippen LogP contribution in [0.15, 0.2) is 42.5 Å². The molecule has 3 aliphatic carbocycles. The van der Waals surface area contributed by atoms with Gasteiger partial charge < -0.3 is 10.4 Å². The summed E-state index contributed by atoms with van der Waals surface area (Å²) in [6.07, 6.45) is 3.18. The fourth-order valence-corrected chi connectivity index (χ4v) is 4.91. The van der Waals surface area contributed by atoms with E-state index in [-0.39, 0.29) is 12.0 Å². The van der Waals surface area contributed by atoms with Crippen molar-refractivity contribution in [3.05, 3.63) is 70.3 Å². The standard InChI is InChI=1S/C20H23NO/c1-21-13-14-5-4-7-17-15-9-10-20(11-12-22,19(14)17)18-8-3-2-6-16(15)18/h2-8,15,21-22H,9-13H2,1H3/t15-,20-/m1/s1. The minimum atomic E-state index is 0.00285. The Hall–Kier alpha value is -1.64. The first-order valence-corrected chi connectivity index (χ1v) is 8.29. The monoisotopic (exact) mass is 293 g/mol. The van der Waals surface area contributed by atoms with Crippen LogP contribution in [0, 0.1) is 0 Å². The Morgan fingerprint density at radius 3 is 2.77 bits per heavy atom. The molecule has 3 aliphatic rings. The highest BCUT2D eigenvalue weighted by Crippen LogP contribution is 2.58. The SMILES string of the molecule is CNCc1cccc2c1[C@@]1(CCO)CC[C@@H]2c2ccccc21. The van der Waals surface area contributed by atoms with E-state index in [1.807, 2.05) is 7.05 Å². The van der Waals surface area contributed by atoms with Crippen molar-refractivity contribution in [3.8, 4) is 0 Å². The molecule has 22 heavy (non-hydrogen) atoms. The van der Waals surface area contributed by atoms with Crippen LogP contribution in [-0.4, -0.2) is 18.8 Å². The van der Waals surface area contributed by atoms with Crippen molar-refractivity contribution in [2.75, 3.05) is 13.7 Å². The van der Waals surface area contributed by atoms with Crippen molar-refractivity contribution in [1.29, 1.82) is 0 Å². The second kappa shape index (κ2) is 5.22. The summed E-state index contributed by atoms with van der Waals surface area (Å²) in [6, 6.07) is 15.6. The molecule has 2 nitrogen and oxygen atoms in total. The first-order chi connectivity index (χ1) is 10.8. The van der Waals surface area contributed by atoms with Crippen LogP contribution in [0.3, 0.4) is 0 Å². The minimum Gasteiger partial charge on any atom is -0.396 e. The molecule has 0 fully saturated rings. The van der Waals surface area contributed by atoms with Gasteiger partial charge in [-0.15, -0.1) is 0 Å². The van der Waals surface area contributed by atoms with E-state index in [0.717, 1.165) is 19.4 Å². The van der Waals surface area contributed by atoms with Crippen LogP contribution in [0.4, 0.5) is 0 Å². The summed E-state index contributed by atoms with van der Waals surface area (Å²) in [6.45, 7) is 1.14. The number of rotatable bonds is 4. The number of aliphatic hydroxyl groups excluding tert-OH is 1. The number of fused-ring (bicyclic) bond motifs is 1. The second-order valence-corrected chi connectivity index (χ2v) is 6.65. The van der Waals surface area contributed by atoms with Gasteiger partial charge in [-0.3, -0.25) is 0 Å². The van der Waals surface area contributed by atoms with E-state index >= 15 is 0 Å². The molecule has 2 atom stereocenters. The molecule has 114 valence electrons. The largest absolute Gasteiger partial charge is 0.396 e. The lowest BCUT2D eigenvalue weighted by atomic mass is 9.53. The Labute approximate surface area is 132 Å². The number of hydrogen-bond acceptors (Lipinski definition) is 2. The normalized spacial score (nSPS) is 24.9. The Morgan fingerprint density at radius 1 is 1.14 bits per heavy atom. The van der Waals surface area contributed by atoms with Gasteiger partial charge in [0.2, 0.25) is 0 Å². The van der Waals surface area contributed by atoms with Crippen LogP contribution < -0.4 is 5.32 Å². The van der Waals surface area contributed by atoms with E-state index < -0.39 is 0 Å². The maximum absolute atomic E-state index is 9.79. The molecule has 5 rings (SSSR count). The van der Waals surface area contributed by atoms with Gasteiger partial charge in [-0.2, -0.15) is 0 Å². The molecule has 2 bridgehead atoms. The average Bonchev–Trinajstić information content (AvgIpc) is 2.56. The molecule has 2 aromatic carbocycles. The molecular weight excluding hydrogens is 270 g/mol. The summed E-state index contributed by atoms with van der Waals surface area (Å²) in [5.74, 6) is 0.531. The molecule has 2 aromatic rings.